The Balaban J connectivity index is 2.12. The van der Waals surface area contributed by atoms with Crippen LogP contribution in [0.4, 0.5) is 14.5 Å². The number of benzene rings is 1. The van der Waals surface area contributed by atoms with E-state index in [2.05, 4.69) is 14.8 Å². The van der Waals surface area contributed by atoms with E-state index >= 15 is 0 Å². The highest BCUT2D eigenvalue weighted by atomic mass is 32.2. The van der Waals surface area contributed by atoms with Gasteiger partial charge in [0.2, 0.25) is 9.99 Å². The van der Waals surface area contributed by atoms with Crippen LogP contribution in [-0.2, 0) is 16.4 Å². The summed E-state index contributed by atoms with van der Waals surface area (Å²) < 4.78 is 55.8. The SMILES string of the molecule is CCc1nc2sc(C(C)C)nn2c1S(=O)(=O)Nc1cc(F)cc(F)c1. The normalized spacial score (nSPS) is 12.2. The molecule has 10 heteroatoms. The second-order valence-electron chi connectivity index (χ2n) is 5.77. The number of aromatic nitrogens is 3. The van der Waals surface area contributed by atoms with Gasteiger partial charge >= 0.3 is 0 Å². The highest BCUT2D eigenvalue weighted by Crippen LogP contribution is 2.28. The van der Waals surface area contributed by atoms with Gasteiger partial charge in [-0.25, -0.2) is 13.8 Å². The Morgan fingerprint density at radius 1 is 1.24 bits per heavy atom. The third-order valence-corrected chi connectivity index (χ3v) is 6.07. The Bertz CT molecular complexity index is 1020. The largest absolute Gasteiger partial charge is 0.281 e. The number of nitrogens with one attached hydrogen (secondary N) is 1. The third kappa shape index (κ3) is 3.36. The standard InChI is InChI=1S/C15H16F2N4O2S2/c1-4-12-14(21-15(18-12)24-13(19-21)8(2)3)25(22,23)20-11-6-9(16)5-10(17)7-11/h5-8,20H,4H2,1-3H3. The van der Waals surface area contributed by atoms with Crippen LogP contribution in [0.25, 0.3) is 4.96 Å². The number of rotatable bonds is 5. The van der Waals surface area contributed by atoms with E-state index in [-0.39, 0.29) is 16.6 Å². The number of hydrogen-bond donors (Lipinski definition) is 1. The molecule has 0 radical (unpaired) electrons. The summed E-state index contributed by atoms with van der Waals surface area (Å²) in [7, 11) is -4.12. The van der Waals surface area contributed by atoms with Crippen molar-refractivity contribution in [2.45, 2.75) is 38.1 Å². The topological polar surface area (TPSA) is 76.4 Å². The van der Waals surface area contributed by atoms with Gasteiger partial charge in [0.15, 0.2) is 0 Å². The lowest BCUT2D eigenvalue weighted by Crippen LogP contribution is -2.17. The third-order valence-electron chi connectivity index (χ3n) is 3.44. The molecular weight excluding hydrogens is 370 g/mol. The molecule has 3 rings (SSSR count). The smallest absolute Gasteiger partial charge is 0.278 e. The summed E-state index contributed by atoms with van der Waals surface area (Å²) in [4.78, 5) is 4.79. The van der Waals surface area contributed by atoms with Crippen LogP contribution in [0.3, 0.4) is 0 Å². The first-order valence-corrected chi connectivity index (χ1v) is 9.88. The Morgan fingerprint density at radius 3 is 2.44 bits per heavy atom. The van der Waals surface area contributed by atoms with E-state index in [1.165, 1.54) is 15.9 Å². The first-order chi connectivity index (χ1) is 11.7. The van der Waals surface area contributed by atoms with Crippen molar-refractivity contribution < 1.29 is 17.2 Å². The number of imidazole rings is 1. The van der Waals surface area contributed by atoms with Gasteiger partial charge in [-0.15, -0.1) is 0 Å². The van der Waals surface area contributed by atoms with Crippen LogP contribution in [0.2, 0.25) is 0 Å². The molecule has 0 saturated heterocycles. The molecule has 0 atom stereocenters. The van der Waals surface area contributed by atoms with E-state index in [1.807, 2.05) is 13.8 Å². The molecular formula is C15H16F2N4O2S2. The molecule has 25 heavy (non-hydrogen) atoms. The van der Waals surface area contributed by atoms with Crippen molar-refractivity contribution in [2.24, 2.45) is 0 Å². The molecule has 0 fully saturated rings. The van der Waals surface area contributed by atoms with Gasteiger partial charge in [0.1, 0.15) is 16.6 Å². The maximum Gasteiger partial charge on any atom is 0.281 e. The van der Waals surface area contributed by atoms with Crippen LogP contribution in [0.15, 0.2) is 23.2 Å². The molecule has 0 aliphatic heterocycles. The quantitative estimate of drug-likeness (QED) is 0.727. The lowest BCUT2D eigenvalue weighted by molar-refractivity contribution is 0.583. The molecule has 0 aliphatic carbocycles. The maximum atomic E-state index is 13.3. The van der Waals surface area contributed by atoms with Gasteiger partial charge in [-0.2, -0.15) is 18.0 Å². The molecule has 0 saturated carbocycles. The average Bonchev–Trinajstić information content (AvgIpc) is 3.01. The van der Waals surface area contributed by atoms with Crippen molar-refractivity contribution in [3.05, 3.63) is 40.5 Å². The van der Waals surface area contributed by atoms with Gasteiger partial charge in [-0.1, -0.05) is 32.1 Å². The zero-order chi connectivity index (χ0) is 18.4. The fraction of sp³-hybridized carbons (Fsp3) is 0.333. The van der Waals surface area contributed by atoms with Gasteiger partial charge in [0, 0.05) is 12.0 Å². The summed E-state index contributed by atoms with van der Waals surface area (Å²) in [5.41, 5.74) is 0.146. The van der Waals surface area contributed by atoms with E-state index in [4.69, 9.17) is 0 Å². The van der Waals surface area contributed by atoms with E-state index in [0.29, 0.717) is 23.1 Å². The number of anilines is 1. The first-order valence-electron chi connectivity index (χ1n) is 7.58. The number of sulfonamides is 1. The predicted molar refractivity (Wildman–Crippen MR) is 91.5 cm³/mol. The number of nitrogens with zero attached hydrogens (tertiary/aromatic N) is 3. The van der Waals surface area contributed by atoms with Crippen molar-refractivity contribution in [1.29, 1.82) is 0 Å². The predicted octanol–water partition coefficient (Wildman–Crippen LogP) is 3.56. The molecule has 0 amide bonds. The molecule has 2 heterocycles. The van der Waals surface area contributed by atoms with Crippen LogP contribution in [0.5, 0.6) is 0 Å². The lowest BCUT2D eigenvalue weighted by Gasteiger charge is -2.08. The maximum absolute atomic E-state index is 13.3. The Labute approximate surface area is 147 Å². The summed E-state index contributed by atoms with van der Waals surface area (Å²) in [5, 5.41) is 4.96. The van der Waals surface area contributed by atoms with E-state index < -0.39 is 21.7 Å². The van der Waals surface area contributed by atoms with Crippen molar-refractivity contribution >= 4 is 32.0 Å². The van der Waals surface area contributed by atoms with Crippen molar-refractivity contribution in [2.75, 3.05) is 4.72 Å². The van der Waals surface area contributed by atoms with Gasteiger partial charge in [0.25, 0.3) is 10.0 Å². The van der Waals surface area contributed by atoms with E-state index in [9.17, 15) is 17.2 Å². The second-order valence-corrected chi connectivity index (χ2v) is 8.36. The van der Waals surface area contributed by atoms with Crippen molar-refractivity contribution in [1.82, 2.24) is 14.6 Å². The molecule has 6 nitrogen and oxygen atoms in total. The summed E-state index contributed by atoms with van der Waals surface area (Å²) >= 11 is 1.31. The minimum absolute atomic E-state index is 0.113. The zero-order valence-electron chi connectivity index (χ0n) is 13.7. The molecule has 2 aromatic heterocycles. The van der Waals surface area contributed by atoms with Crippen LogP contribution in [0, 0.1) is 11.6 Å². The molecule has 0 aliphatic rings. The van der Waals surface area contributed by atoms with Crippen LogP contribution >= 0.6 is 11.3 Å². The number of halogens is 2. The average molecular weight is 386 g/mol. The molecule has 1 N–H and O–H groups in total. The Hall–Kier alpha value is -2.07. The summed E-state index contributed by atoms with van der Waals surface area (Å²) in [5.74, 6) is -1.62. The molecule has 1 aromatic carbocycles. The van der Waals surface area contributed by atoms with Crippen LogP contribution < -0.4 is 4.72 Å². The van der Waals surface area contributed by atoms with Crippen LogP contribution in [0.1, 0.15) is 37.4 Å². The highest BCUT2D eigenvalue weighted by molar-refractivity contribution is 7.92. The Morgan fingerprint density at radius 2 is 1.88 bits per heavy atom. The second kappa shape index (κ2) is 6.34. The molecule has 3 aromatic rings. The monoisotopic (exact) mass is 386 g/mol. The Kier molecular flexibility index (Phi) is 4.50. The molecule has 0 unspecified atom stereocenters. The van der Waals surface area contributed by atoms with Crippen molar-refractivity contribution in [3.8, 4) is 0 Å². The minimum Gasteiger partial charge on any atom is -0.278 e. The summed E-state index contributed by atoms with van der Waals surface area (Å²) in [6.07, 6.45) is 0.376. The fourth-order valence-corrected chi connectivity index (χ4v) is 4.69. The summed E-state index contributed by atoms with van der Waals surface area (Å²) in [6.45, 7) is 5.67. The molecule has 0 bridgehead atoms. The summed E-state index contributed by atoms with van der Waals surface area (Å²) in [6, 6.07) is 2.48. The van der Waals surface area contributed by atoms with E-state index in [1.54, 1.807) is 6.92 Å². The van der Waals surface area contributed by atoms with Gasteiger partial charge in [-0.05, 0) is 18.6 Å². The van der Waals surface area contributed by atoms with Crippen LogP contribution in [-0.4, -0.2) is 23.0 Å². The van der Waals surface area contributed by atoms with Crippen molar-refractivity contribution in [3.63, 3.8) is 0 Å². The number of fused-ring (bicyclic) bond motifs is 1. The fourth-order valence-electron chi connectivity index (χ4n) is 2.34. The van der Waals surface area contributed by atoms with Gasteiger partial charge in [0.05, 0.1) is 11.4 Å². The van der Waals surface area contributed by atoms with Gasteiger partial charge < -0.3 is 0 Å². The lowest BCUT2D eigenvalue weighted by atomic mass is 10.2. The molecule has 134 valence electrons. The van der Waals surface area contributed by atoms with E-state index in [0.717, 1.165) is 17.1 Å². The highest BCUT2D eigenvalue weighted by Gasteiger charge is 2.27. The van der Waals surface area contributed by atoms with Gasteiger partial charge in [-0.3, -0.25) is 4.72 Å². The molecule has 0 spiro atoms. The first kappa shape index (κ1) is 17.7. The number of hydrogen-bond acceptors (Lipinski definition) is 5. The minimum atomic E-state index is -4.12. The zero-order valence-corrected chi connectivity index (χ0v) is 15.4. The number of aryl methyl sites for hydroxylation is 1.